The number of ether oxygens (including phenoxy) is 1. The van der Waals surface area contributed by atoms with Crippen LogP contribution >= 0.6 is 0 Å². The standard InChI is InChI=1S/C25H38O2/c1-4-18(2)17-20-7-9-21(10-8-20)22-11-13-23(14-12-22)25(26)27-24-15-5-19(3)6-16-24/h5-6,15-16,18,20-23H,4,7-14,17H2,1-3H3. The number of benzene rings is 1. The van der Waals surface area contributed by atoms with Crippen molar-refractivity contribution in [3.8, 4) is 5.75 Å². The molecule has 1 aromatic rings. The number of carbonyl (C=O) groups excluding carboxylic acids is 1. The van der Waals surface area contributed by atoms with E-state index in [0.717, 1.165) is 36.5 Å². The van der Waals surface area contributed by atoms with Gasteiger partial charge in [-0.25, -0.2) is 0 Å². The Balaban J connectivity index is 1.40. The summed E-state index contributed by atoms with van der Waals surface area (Å²) in [6.07, 6.45) is 12.9. The van der Waals surface area contributed by atoms with Crippen LogP contribution < -0.4 is 4.74 Å². The van der Waals surface area contributed by atoms with Crippen molar-refractivity contribution < 1.29 is 9.53 Å². The normalized spacial score (nSPS) is 29.9. The van der Waals surface area contributed by atoms with Gasteiger partial charge in [0.1, 0.15) is 5.75 Å². The van der Waals surface area contributed by atoms with Gasteiger partial charge in [0.25, 0.3) is 0 Å². The molecule has 1 unspecified atom stereocenters. The van der Waals surface area contributed by atoms with Crippen LogP contribution in [0.25, 0.3) is 0 Å². The third-order valence-corrected chi connectivity index (χ3v) is 7.34. The van der Waals surface area contributed by atoms with Crippen molar-refractivity contribution in [2.45, 2.75) is 85.0 Å². The quantitative estimate of drug-likeness (QED) is 0.400. The summed E-state index contributed by atoms with van der Waals surface area (Å²) < 4.78 is 5.61. The molecule has 2 nitrogen and oxygen atoms in total. The van der Waals surface area contributed by atoms with Crippen LogP contribution in [-0.4, -0.2) is 5.97 Å². The first-order valence-corrected chi connectivity index (χ1v) is 11.3. The van der Waals surface area contributed by atoms with E-state index < -0.39 is 0 Å². The lowest BCUT2D eigenvalue weighted by atomic mass is 9.68. The lowest BCUT2D eigenvalue weighted by molar-refractivity contribution is -0.140. The molecule has 0 heterocycles. The Kier molecular flexibility index (Phi) is 7.38. The molecule has 2 fully saturated rings. The summed E-state index contributed by atoms with van der Waals surface area (Å²) >= 11 is 0. The largest absolute Gasteiger partial charge is 0.426 e. The molecule has 2 saturated carbocycles. The highest BCUT2D eigenvalue weighted by Gasteiger charge is 2.33. The highest BCUT2D eigenvalue weighted by Crippen LogP contribution is 2.43. The van der Waals surface area contributed by atoms with Gasteiger partial charge in [-0.3, -0.25) is 4.79 Å². The molecule has 0 N–H and O–H groups in total. The summed E-state index contributed by atoms with van der Waals surface area (Å²) in [7, 11) is 0. The van der Waals surface area contributed by atoms with Crippen molar-refractivity contribution in [1.82, 2.24) is 0 Å². The molecule has 27 heavy (non-hydrogen) atoms. The predicted octanol–water partition coefficient (Wildman–Crippen LogP) is 6.95. The van der Waals surface area contributed by atoms with Crippen LogP contribution in [0.5, 0.6) is 5.75 Å². The average Bonchev–Trinajstić information content (AvgIpc) is 2.70. The maximum atomic E-state index is 12.5. The lowest BCUT2D eigenvalue weighted by Gasteiger charge is -2.37. The molecule has 0 radical (unpaired) electrons. The molecule has 0 aliphatic heterocycles. The number of esters is 1. The topological polar surface area (TPSA) is 26.3 Å². The molecule has 2 heteroatoms. The molecule has 150 valence electrons. The van der Waals surface area contributed by atoms with Gasteiger partial charge in [0.05, 0.1) is 5.92 Å². The van der Waals surface area contributed by atoms with Crippen molar-refractivity contribution in [2.75, 3.05) is 0 Å². The van der Waals surface area contributed by atoms with Crippen molar-refractivity contribution in [3.63, 3.8) is 0 Å². The average molecular weight is 371 g/mol. The highest BCUT2D eigenvalue weighted by atomic mass is 16.5. The smallest absolute Gasteiger partial charge is 0.314 e. The van der Waals surface area contributed by atoms with Crippen LogP contribution in [-0.2, 0) is 4.79 Å². The van der Waals surface area contributed by atoms with Gasteiger partial charge >= 0.3 is 5.97 Å². The molecule has 2 aliphatic rings. The molecule has 0 amide bonds. The Hall–Kier alpha value is -1.31. The molecule has 1 atom stereocenters. The first-order valence-electron chi connectivity index (χ1n) is 11.3. The van der Waals surface area contributed by atoms with E-state index in [0.29, 0.717) is 5.75 Å². The zero-order chi connectivity index (χ0) is 19.2. The maximum Gasteiger partial charge on any atom is 0.314 e. The third kappa shape index (κ3) is 5.83. The molecule has 0 saturated heterocycles. The van der Waals surface area contributed by atoms with Gasteiger partial charge in [-0.05, 0) is 87.7 Å². The first kappa shape index (κ1) is 20.4. The van der Waals surface area contributed by atoms with Crippen molar-refractivity contribution in [3.05, 3.63) is 29.8 Å². The zero-order valence-corrected chi connectivity index (χ0v) is 17.6. The lowest BCUT2D eigenvalue weighted by Crippen LogP contribution is -2.30. The van der Waals surface area contributed by atoms with E-state index in [9.17, 15) is 4.79 Å². The number of carbonyl (C=O) groups is 1. The van der Waals surface area contributed by atoms with Gasteiger partial charge in [0.15, 0.2) is 0 Å². The molecule has 3 rings (SSSR count). The van der Waals surface area contributed by atoms with Gasteiger partial charge in [-0.15, -0.1) is 0 Å². The number of rotatable bonds is 6. The molecular weight excluding hydrogens is 332 g/mol. The van der Waals surface area contributed by atoms with Crippen molar-refractivity contribution in [2.24, 2.45) is 29.6 Å². The molecular formula is C25H38O2. The summed E-state index contributed by atoms with van der Waals surface area (Å²) in [5.41, 5.74) is 1.19. The zero-order valence-electron chi connectivity index (χ0n) is 17.6. The molecule has 2 aliphatic carbocycles. The monoisotopic (exact) mass is 370 g/mol. The fraction of sp³-hybridized carbons (Fsp3) is 0.720. The van der Waals surface area contributed by atoms with Crippen LogP contribution in [0, 0.1) is 36.5 Å². The number of hydrogen-bond acceptors (Lipinski definition) is 2. The summed E-state index contributed by atoms with van der Waals surface area (Å²) in [4.78, 5) is 12.5. The van der Waals surface area contributed by atoms with Crippen molar-refractivity contribution >= 4 is 5.97 Å². The van der Waals surface area contributed by atoms with Crippen LogP contribution in [0.15, 0.2) is 24.3 Å². The van der Waals surface area contributed by atoms with E-state index in [1.165, 1.54) is 56.9 Å². The third-order valence-electron chi connectivity index (χ3n) is 7.34. The van der Waals surface area contributed by atoms with Gasteiger partial charge in [0, 0.05) is 0 Å². The van der Waals surface area contributed by atoms with Crippen LogP contribution in [0.4, 0.5) is 0 Å². The molecule has 0 aromatic heterocycles. The van der Waals surface area contributed by atoms with E-state index in [1.54, 1.807) is 0 Å². The Labute approximate surface area is 166 Å². The summed E-state index contributed by atoms with van der Waals surface area (Å²) in [5, 5.41) is 0. The summed E-state index contributed by atoms with van der Waals surface area (Å²) in [6.45, 7) is 6.77. The Morgan fingerprint density at radius 1 is 0.963 bits per heavy atom. The van der Waals surface area contributed by atoms with Crippen LogP contribution in [0.1, 0.15) is 83.6 Å². The van der Waals surface area contributed by atoms with Gasteiger partial charge < -0.3 is 4.74 Å². The van der Waals surface area contributed by atoms with E-state index in [1.807, 2.05) is 31.2 Å². The van der Waals surface area contributed by atoms with E-state index >= 15 is 0 Å². The minimum absolute atomic E-state index is 0.0189. The second kappa shape index (κ2) is 9.75. The molecule has 0 bridgehead atoms. The fourth-order valence-corrected chi connectivity index (χ4v) is 5.26. The van der Waals surface area contributed by atoms with Gasteiger partial charge in [-0.2, -0.15) is 0 Å². The van der Waals surface area contributed by atoms with Crippen molar-refractivity contribution in [1.29, 1.82) is 0 Å². The first-order chi connectivity index (χ1) is 13.0. The minimum atomic E-state index is -0.0189. The second-order valence-electron chi connectivity index (χ2n) is 9.38. The number of hydrogen-bond donors (Lipinski definition) is 0. The highest BCUT2D eigenvalue weighted by molar-refractivity contribution is 5.75. The van der Waals surface area contributed by atoms with Crippen LogP contribution in [0.3, 0.4) is 0 Å². The Bertz CT molecular complexity index is 575. The SMILES string of the molecule is CCC(C)CC1CCC(C2CCC(C(=O)Oc3ccc(C)cc3)CC2)CC1. The summed E-state index contributed by atoms with van der Waals surface area (Å²) in [5.74, 6) is 4.38. The van der Waals surface area contributed by atoms with E-state index in [2.05, 4.69) is 13.8 Å². The minimum Gasteiger partial charge on any atom is -0.426 e. The number of aryl methyl sites for hydroxylation is 1. The predicted molar refractivity (Wildman–Crippen MR) is 112 cm³/mol. The fourth-order valence-electron chi connectivity index (χ4n) is 5.26. The van der Waals surface area contributed by atoms with Crippen LogP contribution in [0.2, 0.25) is 0 Å². The van der Waals surface area contributed by atoms with E-state index in [4.69, 9.17) is 4.74 Å². The Morgan fingerprint density at radius 3 is 2.07 bits per heavy atom. The maximum absolute atomic E-state index is 12.5. The Morgan fingerprint density at radius 2 is 1.52 bits per heavy atom. The summed E-state index contributed by atoms with van der Waals surface area (Å²) in [6, 6.07) is 7.79. The van der Waals surface area contributed by atoms with E-state index in [-0.39, 0.29) is 11.9 Å². The molecule has 1 aromatic carbocycles. The molecule has 0 spiro atoms. The second-order valence-corrected chi connectivity index (χ2v) is 9.38. The van der Waals surface area contributed by atoms with Gasteiger partial charge in [0.2, 0.25) is 0 Å². The van der Waals surface area contributed by atoms with Gasteiger partial charge in [-0.1, -0.05) is 50.8 Å².